The van der Waals surface area contributed by atoms with E-state index in [1.807, 2.05) is 20.8 Å². The van der Waals surface area contributed by atoms with Crippen molar-refractivity contribution in [3.8, 4) is 0 Å². The number of halogens is 3. The summed E-state index contributed by atoms with van der Waals surface area (Å²) in [6.07, 6.45) is 2.52. The lowest BCUT2D eigenvalue weighted by Crippen LogP contribution is -2.50. The Hall–Kier alpha value is -2.55. The summed E-state index contributed by atoms with van der Waals surface area (Å²) < 4.78 is 30.2. The van der Waals surface area contributed by atoms with Crippen LogP contribution >= 0.6 is 11.6 Å². The highest BCUT2D eigenvalue weighted by molar-refractivity contribution is 6.31. The van der Waals surface area contributed by atoms with E-state index in [4.69, 9.17) is 11.6 Å². The summed E-state index contributed by atoms with van der Waals surface area (Å²) in [7, 11) is 0. The van der Waals surface area contributed by atoms with Crippen LogP contribution in [0.3, 0.4) is 0 Å². The van der Waals surface area contributed by atoms with Gasteiger partial charge in [0.2, 0.25) is 11.8 Å². The third kappa shape index (κ3) is 4.61. The molecule has 4 atom stereocenters. The Balaban J connectivity index is 1.67. The van der Waals surface area contributed by atoms with Gasteiger partial charge >= 0.3 is 0 Å². The van der Waals surface area contributed by atoms with Crippen molar-refractivity contribution < 1.29 is 23.5 Å². The first-order valence-electron chi connectivity index (χ1n) is 13.2. The van der Waals surface area contributed by atoms with Crippen molar-refractivity contribution in [2.45, 2.75) is 88.4 Å². The van der Waals surface area contributed by atoms with Crippen LogP contribution in [0.1, 0.15) is 69.9 Å². The Morgan fingerprint density at radius 3 is 2.55 bits per heavy atom. The van der Waals surface area contributed by atoms with Crippen LogP contribution in [0.5, 0.6) is 0 Å². The normalized spacial score (nSPS) is 30.8. The van der Waals surface area contributed by atoms with Crippen molar-refractivity contribution in [3.05, 3.63) is 64.2 Å². The number of aliphatic hydroxyl groups is 1. The summed E-state index contributed by atoms with van der Waals surface area (Å²) in [6.45, 7) is 6.11. The SMILES string of the molecule is CC(C)(C)C[C@@H]1N[C@@H](C(=O)N[C@H]2CC[C@@H](O)CC2)[C@H](c2cccc(F)c2F)[C@]12C(=O)Nc1cc(Cl)ccc12. The molecule has 2 aromatic carbocycles. The molecule has 6 nitrogen and oxygen atoms in total. The van der Waals surface area contributed by atoms with Crippen LogP contribution < -0.4 is 16.0 Å². The molecule has 4 N–H and O–H groups in total. The van der Waals surface area contributed by atoms with E-state index in [2.05, 4.69) is 16.0 Å². The summed E-state index contributed by atoms with van der Waals surface area (Å²) in [5, 5.41) is 19.7. The number of nitrogens with one attached hydrogen (secondary N) is 3. The summed E-state index contributed by atoms with van der Waals surface area (Å²) >= 11 is 6.25. The van der Waals surface area contributed by atoms with Crippen molar-refractivity contribution in [2.24, 2.45) is 5.41 Å². The minimum Gasteiger partial charge on any atom is -0.393 e. The zero-order valence-electron chi connectivity index (χ0n) is 21.8. The highest BCUT2D eigenvalue weighted by Crippen LogP contribution is 2.57. The molecular weight excluding hydrogens is 512 g/mol. The first-order valence-corrected chi connectivity index (χ1v) is 13.6. The first-order chi connectivity index (χ1) is 17.9. The molecule has 1 saturated carbocycles. The van der Waals surface area contributed by atoms with Crippen LogP contribution in [0.15, 0.2) is 36.4 Å². The van der Waals surface area contributed by atoms with E-state index < -0.39 is 35.1 Å². The van der Waals surface area contributed by atoms with Gasteiger partial charge in [0.15, 0.2) is 11.6 Å². The number of hydrogen-bond acceptors (Lipinski definition) is 4. The van der Waals surface area contributed by atoms with E-state index in [-0.39, 0.29) is 34.9 Å². The molecular formula is C29H34ClF2N3O3. The third-order valence-corrected chi connectivity index (χ3v) is 8.50. The highest BCUT2D eigenvalue weighted by atomic mass is 35.5. The number of aliphatic hydroxyl groups excluding tert-OH is 1. The average Bonchev–Trinajstić information content (AvgIpc) is 3.31. The molecule has 2 fully saturated rings. The molecule has 204 valence electrons. The fourth-order valence-electron chi connectivity index (χ4n) is 6.66. The summed E-state index contributed by atoms with van der Waals surface area (Å²) in [6, 6.07) is 7.28. The minimum atomic E-state index is -1.38. The predicted molar refractivity (Wildman–Crippen MR) is 142 cm³/mol. The maximum Gasteiger partial charge on any atom is 0.238 e. The molecule has 3 aliphatic rings. The Morgan fingerprint density at radius 2 is 1.87 bits per heavy atom. The molecule has 2 heterocycles. The first kappa shape index (κ1) is 27.0. The van der Waals surface area contributed by atoms with Gasteiger partial charge in [0, 0.05) is 28.7 Å². The molecule has 0 aromatic heterocycles. The summed E-state index contributed by atoms with van der Waals surface area (Å²) in [5.41, 5.74) is -0.542. The summed E-state index contributed by atoms with van der Waals surface area (Å²) in [4.78, 5) is 28.0. The number of amides is 2. The quantitative estimate of drug-likeness (QED) is 0.445. The second-order valence-corrected chi connectivity index (χ2v) is 12.5. The third-order valence-electron chi connectivity index (χ3n) is 8.26. The van der Waals surface area contributed by atoms with E-state index in [1.165, 1.54) is 12.1 Å². The lowest BCUT2D eigenvalue weighted by atomic mass is 9.62. The second kappa shape index (κ2) is 9.88. The number of carbonyl (C=O) groups is 2. The summed E-state index contributed by atoms with van der Waals surface area (Å²) in [5.74, 6) is -3.87. The van der Waals surface area contributed by atoms with E-state index in [9.17, 15) is 19.1 Å². The standard InChI is InChI=1S/C29H34ClF2N3O3/c1-28(2,3)14-22-29(19-12-7-15(30)13-21(19)34-27(29)38)23(18-5-4-6-20(31)24(18)32)25(35-22)26(37)33-16-8-10-17(36)11-9-16/h4-7,12-13,16-17,22-23,25,35-36H,8-11,14H2,1-3H3,(H,33,37)(H,34,38)/t16-,17+,22-,23-,25+,29+/m0/s1. The van der Waals surface area contributed by atoms with Gasteiger partial charge in [-0.3, -0.25) is 9.59 Å². The molecule has 0 radical (unpaired) electrons. The van der Waals surface area contributed by atoms with Crippen molar-refractivity contribution in [1.82, 2.24) is 10.6 Å². The molecule has 9 heteroatoms. The van der Waals surface area contributed by atoms with Gasteiger partial charge in [-0.15, -0.1) is 0 Å². The Bertz CT molecular complexity index is 1260. The topological polar surface area (TPSA) is 90.5 Å². The lowest BCUT2D eigenvalue weighted by Gasteiger charge is -2.37. The molecule has 2 aromatic rings. The van der Waals surface area contributed by atoms with Crippen LogP contribution in [-0.4, -0.2) is 41.2 Å². The molecule has 38 heavy (non-hydrogen) atoms. The smallest absolute Gasteiger partial charge is 0.238 e. The zero-order chi connectivity index (χ0) is 27.4. The van der Waals surface area contributed by atoms with Gasteiger partial charge in [-0.05, 0) is 66.8 Å². The minimum absolute atomic E-state index is 0.0222. The maximum atomic E-state index is 15.5. The van der Waals surface area contributed by atoms with Gasteiger partial charge in [-0.25, -0.2) is 8.78 Å². The molecule has 1 aliphatic carbocycles. The highest BCUT2D eigenvalue weighted by Gasteiger charge is 2.66. The van der Waals surface area contributed by atoms with Crippen LogP contribution in [0.25, 0.3) is 0 Å². The monoisotopic (exact) mass is 545 g/mol. The van der Waals surface area contributed by atoms with E-state index in [0.717, 1.165) is 6.07 Å². The van der Waals surface area contributed by atoms with Crippen molar-refractivity contribution >= 4 is 29.1 Å². The Morgan fingerprint density at radius 1 is 1.16 bits per heavy atom. The van der Waals surface area contributed by atoms with Gasteiger partial charge in [0.25, 0.3) is 0 Å². The van der Waals surface area contributed by atoms with E-state index in [0.29, 0.717) is 48.4 Å². The number of hydrogen-bond donors (Lipinski definition) is 4. The van der Waals surface area contributed by atoms with Gasteiger partial charge in [0.05, 0.1) is 12.1 Å². The van der Waals surface area contributed by atoms with Crippen LogP contribution in [0.2, 0.25) is 5.02 Å². The second-order valence-electron chi connectivity index (χ2n) is 12.1. The molecule has 0 unspecified atom stereocenters. The van der Waals surface area contributed by atoms with Crippen LogP contribution in [0.4, 0.5) is 14.5 Å². The molecule has 0 bridgehead atoms. The molecule has 1 spiro atoms. The predicted octanol–water partition coefficient (Wildman–Crippen LogP) is 4.79. The molecule has 2 aliphatic heterocycles. The Kier molecular flexibility index (Phi) is 7.03. The molecule has 5 rings (SSSR count). The van der Waals surface area contributed by atoms with Crippen molar-refractivity contribution in [3.63, 3.8) is 0 Å². The van der Waals surface area contributed by atoms with Crippen molar-refractivity contribution in [2.75, 3.05) is 5.32 Å². The average molecular weight is 546 g/mol. The number of anilines is 1. The van der Waals surface area contributed by atoms with Gasteiger partial charge in [0.1, 0.15) is 5.41 Å². The lowest BCUT2D eigenvalue weighted by molar-refractivity contribution is -0.124. The number of benzene rings is 2. The zero-order valence-corrected chi connectivity index (χ0v) is 22.5. The molecule has 1 saturated heterocycles. The van der Waals surface area contributed by atoms with Crippen LogP contribution in [-0.2, 0) is 15.0 Å². The van der Waals surface area contributed by atoms with Gasteiger partial charge in [-0.2, -0.15) is 0 Å². The Labute approximate surface area is 226 Å². The fraction of sp³-hybridized carbons (Fsp3) is 0.517. The van der Waals surface area contributed by atoms with Gasteiger partial charge in [-0.1, -0.05) is 50.6 Å². The van der Waals surface area contributed by atoms with Gasteiger partial charge < -0.3 is 21.1 Å². The number of carbonyl (C=O) groups excluding carboxylic acids is 2. The number of rotatable bonds is 4. The number of fused-ring (bicyclic) bond motifs is 2. The fourth-order valence-corrected chi connectivity index (χ4v) is 6.84. The van der Waals surface area contributed by atoms with E-state index >= 15 is 4.39 Å². The largest absolute Gasteiger partial charge is 0.393 e. The van der Waals surface area contributed by atoms with Crippen molar-refractivity contribution in [1.29, 1.82) is 0 Å². The van der Waals surface area contributed by atoms with Crippen LogP contribution in [0, 0.1) is 17.0 Å². The molecule has 2 amide bonds. The van der Waals surface area contributed by atoms with E-state index in [1.54, 1.807) is 18.2 Å². The maximum absolute atomic E-state index is 15.5.